The molecule has 1 aromatic carbocycles. The number of carbonyl (C=O) groups excluding carboxylic acids is 1. The number of rotatable bonds is 2. The Hall–Kier alpha value is -1.79. The Morgan fingerprint density at radius 2 is 2.14 bits per heavy atom. The topological polar surface area (TPSA) is 49.3 Å². The number of carbonyl (C=O) groups is 1. The van der Waals surface area contributed by atoms with Gasteiger partial charge in [0.1, 0.15) is 6.61 Å². The van der Waals surface area contributed by atoms with E-state index in [1.807, 2.05) is 25.1 Å². The maximum Gasteiger partial charge on any atom is 0.252 e. The van der Waals surface area contributed by atoms with Crippen molar-refractivity contribution in [2.75, 3.05) is 6.61 Å². The van der Waals surface area contributed by atoms with E-state index in [2.05, 4.69) is 24.1 Å². The summed E-state index contributed by atoms with van der Waals surface area (Å²) >= 11 is 0. The molecule has 21 heavy (non-hydrogen) atoms. The summed E-state index contributed by atoms with van der Waals surface area (Å²) in [6, 6.07) is 5.89. The van der Waals surface area contributed by atoms with Crippen molar-refractivity contribution in [2.24, 2.45) is 5.92 Å². The van der Waals surface area contributed by atoms with Crippen molar-refractivity contribution in [3.05, 3.63) is 34.9 Å². The zero-order valence-electron chi connectivity index (χ0n) is 12.8. The van der Waals surface area contributed by atoms with Crippen LogP contribution in [0.5, 0.6) is 0 Å². The van der Waals surface area contributed by atoms with Gasteiger partial charge in [0, 0.05) is 11.6 Å². The van der Waals surface area contributed by atoms with Crippen LogP contribution in [0, 0.1) is 24.7 Å². The minimum absolute atomic E-state index is 0.0593. The third-order valence-corrected chi connectivity index (χ3v) is 4.15. The average Bonchev–Trinajstić information content (AvgIpc) is 2.47. The first-order valence-corrected chi connectivity index (χ1v) is 7.63. The number of aliphatic hydroxyl groups is 1. The van der Waals surface area contributed by atoms with Crippen molar-refractivity contribution >= 4 is 5.91 Å². The Kier molecular flexibility index (Phi) is 5.41. The van der Waals surface area contributed by atoms with E-state index in [0.717, 1.165) is 12.0 Å². The lowest BCUT2D eigenvalue weighted by Gasteiger charge is -2.29. The van der Waals surface area contributed by atoms with Crippen LogP contribution in [0.1, 0.15) is 54.1 Å². The average molecular weight is 285 g/mol. The minimum Gasteiger partial charge on any atom is -0.384 e. The quantitative estimate of drug-likeness (QED) is 0.821. The van der Waals surface area contributed by atoms with E-state index in [1.165, 1.54) is 19.3 Å². The molecule has 2 atom stereocenters. The van der Waals surface area contributed by atoms with E-state index in [4.69, 9.17) is 5.11 Å². The molecular weight excluding hydrogens is 262 g/mol. The molecule has 2 rings (SSSR count). The second-order valence-corrected chi connectivity index (χ2v) is 5.85. The molecule has 0 radical (unpaired) electrons. The van der Waals surface area contributed by atoms with Crippen molar-refractivity contribution in [1.29, 1.82) is 0 Å². The second kappa shape index (κ2) is 7.28. The van der Waals surface area contributed by atoms with E-state index in [-0.39, 0.29) is 18.6 Å². The number of benzene rings is 1. The number of hydrogen-bond acceptors (Lipinski definition) is 2. The fourth-order valence-corrected chi connectivity index (χ4v) is 2.87. The SMILES string of the molecule is Cc1ccc(C(=O)NC2CCCCC2C)c(C#CCO)c1. The molecule has 1 aliphatic rings. The van der Waals surface area contributed by atoms with E-state index in [9.17, 15) is 4.79 Å². The van der Waals surface area contributed by atoms with Gasteiger partial charge in [0.2, 0.25) is 0 Å². The summed E-state index contributed by atoms with van der Waals surface area (Å²) in [5.41, 5.74) is 2.34. The van der Waals surface area contributed by atoms with Crippen LogP contribution in [0.4, 0.5) is 0 Å². The zero-order valence-corrected chi connectivity index (χ0v) is 12.8. The number of aryl methyl sites for hydroxylation is 1. The Labute approximate surface area is 126 Å². The standard InChI is InChI=1S/C18H23NO2/c1-13-9-10-16(15(12-13)7-5-11-20)18(21)19-17-8-4-3-6-14(17)2/h9-10,12,14,17,20H,3-4,6,8,11H2,1-2H3,(H,19,21). The Balaban J connectivity index is 2.18. The molecule has 1 fully saturated rings. The second-order valence-electron chi connectivity index (χ2n) is 5.85. The lowest BCUT2D eigenvalue weighted by atomic mass is 9.85. The van der Waals surface area contributed by atoms with Crippen molar-refractivity contribution in [1.82, 2.24) is 5.32 Å². The fraction of sp³-hybridized carbons (Fsp3) is 0.500. The van der Waals surface area contributed by atoms with Crippen molar-refractivity contribution in [3.63, 3.8) is 0 Å². The van der Waals surface area contributed by atoms with Gasteiger partial charge >= 0.3 is 0 Å². The molecule has 1 aromatic rings. The molecule has 2 unspecified atom stereocenters. The van der Waals surface area contributed by atoms with Crippen LogP contribution in [0.2, 0.25) is 0 Å². The van der Waals surface area contributed by atoms with Crippen LogP contribution in [-0.2, 0) is 0 Å². The normalized spacial score (nSPS) is 21.3. The summed E-state index contributed by atoms with van der Waals surface area (Å²) in [7, 11) is 0. The van der Waals surface area contributed by atoms with Gasteiger partial charge in [-0.25, -0.2) is 0 Å². The van der Waals surface area contributed by atoms with Gasteiger partial charge in [-0.3, -0.25) is 4.79 Å². The molecule has 2 N–H and O–H groups in total. The molecule has 3 nitrogen and oxygen atoms in total. The molecule has 1 saturated carbocycles. The summed E-state index contributed by atoms with van der Waals surface area (Å²) in [5.74, 6) is 5.97. The number of aliphatic hydroxyl groups excluding tert-OH is 1. The molecular formula is C18H23NO2. The highest BCUT2D eigenvalue weighted by Crippen LogP contribution is 2.24. The lowest BCUT2D eigenvalue weighted by molar-refractivity contribution is 0.0910. The lowest BCUT2D eigenvalue weighted by Crippen LogP contribution is -2.41. The molecule has 1 aliphatic carbocycles. The fourth-order valence-electron chi connectivity index (χ4n) is 2.87. The van der Waals surface area contributed by atoms with Crippen LogP contribution >= 0.6 is 0 Å². The van der Waals surface area contributed by atoms with E-state index in [0.29, 0.717) is 17.0 Å². The van der Waals surface area contributed by atoms with E-state index in [1.54, 1.807) is 0 Å². The predicted molar refractivity (Wildman–Crippen MR) is 84.0 cm³/mol. The van der Waals surface area contributed by atoms with E-state index < -0.39 is 0 Å². The zero-order chi connectivity index (χ0) is 15.2. The van der Waals surface area contributed by atoms with E-state index >= 15 is 0 Å². The molecule has 0 bridgehead atoms. The van der Waals surface area contributed by atoms with Gasteiger partial charge in [0.15, 0.2) is 0 Å². The summed E-state index contributed by atoms with van der Waals surface area (Å²) in [5, 5.41) is 12.0. The Morgan fingerprint density at radius 3 is 2.86 bits per heavy atom. The highest BCUT2D eigenvalue weighted by molar-refractivity contribution is 5.97. The van der Waals surface area contributed by atoms with Gasteiger partial charge in [-0.15, -0.1) is 0 Å². The Bertz CT molecular complexity index is 568. The monoisotopic (exact) mass is 285 g/mol. The summed E-state index contributed by atoms with van der Waals surface area (Å²) < 4.78 is 0. The number of hydrogen-bond donors (Lipinski definition) is 2. The largest absolute Gasteiger partial charge is 0.384 e. The van der Waals surface area contributed by atoms with Gasteiger partial charge in [-0.05, 0) is 43.4 Å². The van der Waals surface area contributed by atoms with Crippen molar-refractivity contribution in [3.8, 4) is 11.8 Å². The molecule has 3 heteroatoms. The summed E-state index contributed by atoms with van der Waals surface area (Å²) in [4.78, 5) is 12.5. The van der Waals surface area contributed by atoms with Gasteiger partial charge in [0.05, 0.1) is 5.56 Å². The third-order valence-electron chi connectivity index (χ3n) is 4.15. The maximum atomic E-state index is 12.5. The minimum atomic E-state index is -0.200. The maximum absolute atomic E-state index is 12.5. The molecule has 0 heterocycles. The number of amides is 1. The van der Waals surface area contributed by atoms with Crippen LogP contribution in [0.3, 0.4) is 0 Å². The molecule has 1 amide bonds. The third kappa shape index (κ3) is 4.09. The Morgan fingerprint density at radius 1 is 1.38 bits per heavy atom. The van der Waals surface area contributed by atoms with Gasteiger partial charge < -0.3 is 10.4 Å². The molecule has 112 valence electrons. The first-order valence-electron chi connectivity index (χ1n) is 7.63. The molecule has 0 aromatic heterocycles. The molecule has 0 aliphatic heterocycles. The highest BCUT2D eigenvalue weighted by atomic mass is 16.2. The summed E-state index contributed by atoms with van der Waals surface area (Å²) in [6.07, 6.45) is 4.66. The van der Waals surface area contributed by atoms with Crippen LogP contribution in [-0.4, -0.2) is 23.7 Å². The van der Waals surface area contributed by atoms with Crippen LogP contribution in [0.15, 0.2) is 18.2 Å². The van der Waals surface area contributed by atoms with Gasteiger partial charge in [-0.2, -0.15) is 0 Å². The highest BCUT2D eigenvalue weighted by Gasteiger charge is 2.23. The van der Waals surface area contributed by atoms with Crippen molar-refractivity contribution < 1.29 is 9.90 Å². The van der Waals surface area contributed by atoms with Gasteiger partial charge in [0.25, 0.3) is 5.91 Å². The molecule has 0 saturated heterocycles. The van der Waals surface area contributed by atoms with Crippen LogP contribution < -0.4 is 5.32 Å². The van der Waals surface area contributed by atoms with Gasteiger partial charge in [-0.1, -0.05) is 37.7 Å². The predicted octanol–water partition coefficient (Wildman–Crippen LogP) is 2.65. The summed E-state index contributed by atoms with van der Waals surface area (Å²) in [6.45, 7) is 3.97. The first-order chi connectivity index (χ1) is 10.1. The van der Waals surface area contributed by atoms with Crippen molar-refractivity contribution in [2.45, 2.75) is 45.6 Å². The van der Waals surface area contributed by atoms with Crippen LogP contribution in [0.25, 0.3) is 0 Å². The number of nitrogens with one attached hydrogen (secondary N) is 1. The first kappa shape index (κ1) is 15.6. The molecule has 0 spiro atoms. The smallest absolute Gasteiger partial charge is 0.252 e.